The van der Waals surface area contributed by atoms with Crippen LogP contribution in [-0.2, 0) is 6.54 Å². The molecule has 0 unspecified atom stereocenters. The van der Waals surface area contributed by atoms with Gasteiger partial charge in [-0.2, -0.15) is 0 Å². The van der Waals surface area contributed by atoms with Crippen LogP contribution in [0.1, 0.15) is 49.2 Å². The van der Waals surface area contributed by atoms with Crippen molar-refractivity contribution in [2.75, 3.05) is 0 Å². The number of imidazole rings is 1. The number of hydrogen-bond donors (Lipinski definition) is 1. The van der Waals surface area contributed by atoms with E-state index in [2.05, 4.69) is 20.6 Å². The smallest absolute Gasteiger partial charge is 0.288 e. The lowest BCUT2D eigenvalue weighted by Crippen LogP contribution is -2.29. The second-order valence-electron chi connectivity index (χ2n) is 7.74. The van der Waals surface area contributed by atoms with Gasteiger partial charge in [0.1, 0.15) is 0 Å². The lowest BCUT2D eigenvalue weighted by atomic mass is 9.98. The van der Waals surface area contributed by atoms with Crippen LogP contribution in [0.5, 0.6) is 0 Å². The van der Waals surface area contributed by atoms with Crippen LogP contribution in [0.15, 0.2) is 65.6 Å². The Morgan fingerprint density at radius 3 is 2.48 bits per heavy atom. The van der Waals surface area contributed by atoms with E-state index in [1.807, 2.05) is 74.5 Å². The van der Waals surface area contributed by atoms with E-state index >= 15 is 0 Å². The first-order valence-corrected chi connectivity index (χ1v) is 11.1. The summed E-state index contributed by atoms with van der Waals surface area (Å²) in [7, 11) is 0. The minimum absolute atomic E-state index is 0.179. The molecule has 0 atom stereocenters. The summed E-state index contributed by atoms with van der Waals surface area (Å²) in [5, 5.41) is 14.2. The summed E-state index contributed by atoms with van der Waals surface area (Å²) in [6.45, 7) is 4.34. The number of nitrogens with zero attached hydrogens (tertiary/aromatic N) is 5. The van der Waals surface area contributed by atoms with Gasteiger partial charge in [0.2, 0.25) is 5.91 Å². The highest BCUT2D eigenvalue weighted by atomic mass is 16.2. The average Bonchev–Trinajstić information content (AvgIpc) is 3.48. The Balaban J connectivity index is 1.65. The Bertz CT molecular complexity index is 1310. The predicted octanol–water partition coefficient (Wildman–Crippen LogP) is 4.41. The zero-order chi connectivity index (χ0) is 23.2. The summed E-state index contributed by atoms with van der Waals surface area (Å²) in [6.07, 6.45) is 7.41. The summed E-state index contributed by atoms with van der Waals surface area (Å²) >= 11 is 0. The number of hydrogen-bond acceptors (Lipinski definition) is 5. The van der Waals surface area contributed by atoms with E-state index in [9.17, 15) is 9.59 Å². The molecule has 8 heteroatoms. The number of allylic oxidation sites excluding steroid dienone is 1. The second-order valence-corrected chi connectivity index (χ2v) is 7.74. The number of carbonyl (C=O) groups is 1. The number of H-pyrrole nitrogens is 1. The van der Waals surface area contributed by atoms with E-state index in [4.69, 9.17) is 0 Å². The fraction of sp³-hybridized carbons (Fsp3) is 0.240. The maximum Gasteiger partial charge on any atom is 0.335 e. The molecular weight excluding hydrogens is 416 g/mol. The molecule has 4 rings (SSSR count). The first-order chi connectivity index (χ1) is 16.1. The van der Waals surface area contributed by atoms with Crippen LogP contribution in [0, 0.1) is 0 Å². The molecule has 2 aromatic carbocycles. The van der Waals surface area contributed by atoms with Crippen molar-refractivity contribution in [3.63, 3.8) is 0 Å². The molecule has 1 N–H and O–H groups in total. The zero-order valence-electron chi connectivity index (χ0n) is 18.7. The molecule has 0 aliphatic rings. The van der Waals surface area contributed by atoms with Gasteiger partial charge in [0.15, 0.2) is 5.82 Å². The molecule has 4 aromatic rings. The highest BCUT2D eigenvalue weighted by molar-refractivity contribution is 5.80. The number of aromatic amines is 1. The number of nitrogens with one attached hydrogen (secondary N) is 1. The van der Waals surface area contributed by atoms with Gasteiger partial charge in [-0.3, -0.25) is 9.36 Å². The highest BCUT2D eigenvalue weighted by Crippen LogP contribution is 2.29. The Hall–Kier alpha value is -4.07. The van der Waals surface area contributed by atoms with Gasteiger partial charge in [0, 0.05) is 18.2 Å². The molecule has 0 radical (unpaired) electrons. The van der Waals surface area contributed by atoms with Gasteiger partial charge in [-0.05, 0) is 46.0 Å². The van der Waals surface area contributed by atoms with E-state index in [0.717, 1.165) is 34.4 Å². The maximum atomic E-state index is 13.0. The van der Waals surface area contributed by atoms with Gasteiger partial charge in [0.05, 0.1) is 12.2 Å². The van der Waals surface area contributed by atoms with Crippen LogP contribution < -0.4 is 5.69 Å². The van der Waals surface area contributed by atoms with E-state index < -0.39 is 0 Å². The Morgan fingerprint density at radius 1 is 1.06 bits per heavy atom. The van der Waals surface area contributed by atoms with Crippen LogP contribution in [0.25, 0.3) is 28.6 Å². The minimum atomic E-state index is -0.309. The van der Waals surface area contributed by atoms with Crippen molar-refractivity contribution in [1.82, 2.24) is 29.8 Å². The average molecular weight is 443 g/mol. The molecule has 2 aromatic heterocycles. The molecule has 0 aliphatic heterocycles. The van der Waals surface area contributed by atoms with Crippen molar-refractivity contribution >= 4 is 12.0 Å². The second kappa shape index (κ2) is 10.0. The predicted molar refractivity (Wildman–Crippen MR) is 128 cm³/mol. The molecular formula is C25H26N6O2. The lowest BCUT2D eigenvalue weighted by Gasteiger charge is -2.09. The molecule has 0 saturated heterocycles. The van der Waals surface area contributed by atoms with Crippen LogP contribution in [0.3, 0.4) is 0 Å². The van der Waals surface area contributed by atoms with Crippen molar-refractivity contribution in [3.8, 4) is 22.5 Å². The molecule has 0 amide bonds. The zero-order valence-corrected chi connectivity index (χ0v) is 18.7. The van der Waals surface area contributed by atoms with Gasteiger partial charge >= 0.3 is 5.69 Å². The van der Waals surface area contributed by atoms with Crippen molar-refractivity contribution in [2.45, 2.75) is 39.7 Å². The van der Waals surface area contributed by atoms with Gasteiger partial charge in [-0.25, -0.2) is 14.5 Å². The maximum absolute atomic E-state index is 13.0. The molecule has 2 heterocycles. The number of tetrazole rings is 1. The third kappa shape index (κ3) is 4.74. The van der Waals surface area contributed by atoms with E-state index in [0.29, 0.717) is 25.2 Å². The topological polar surface area (TPSA) is 98.5 Å². The quantitative estimate of drug-likeness (QED) is 0.436. The van der Waals surface area contributed by atoms with Crippen molar-refractivity contribution in [1.29, 1.82) is 0 Å². The molecule has 0 fully saturated rings. The third-order valence-corrected chi connectivity index (χ3v) is 5.40. The number of aromatic nitrogens is 6. The molecule has 8 nitrogen and oxygen atoms in total. The number of rotatable bonds is 8. The van der Waals surface area contributed by atoms with Gasteiger partial charge < -0.3 is 0 Å². The summed E-state index contributed by atoms with van der Waals surface area (Å²) in [5.41, 5.74) is 4.30. The number of benzene rings is 2. The van der Waals surface area contributed by atoms with E-state index in [-0.39, 0.29) is 11.6 Å². The molecule has 33 heavy (non-hydrogen) atoms. The molecule has 168 valence electrons. The Kier molecular flexibility index (Phi) is 6.73. The third-order valence-electron chi connectivity index (χ3n) is 5.40. The largest absolute Gasteiger partial charge is 0.335 e. The van der Waals surface area contributed by atoms with Crippen molar-refractivity contribution < 1.29 is 4.79 Å². The first-order valence-electron chi connectivity index (χ1n) is 11.1. The monoisotopic (exact) mass is 442 g/mol. The van der Waals surface area contributed by atoms with E-state index in [1.54, 1.807) is 10.8 Å². The summed E-state index contributed by atoms with van der Waals surface area (Å²) < 4.78 is 2.87. The van der Waals surface area contributed by atoms with Gasteiger partial charge in [-0.1, -0.05) is 68.5 Å². The SMILES string of the molecule is CCC=Cc1cn(C(=O)CCC)c(=O)n1Cc1ccc(-c2ccccc2-c2nnn[nH]2)cc1. The highest BCUT2D eigenvalue weighted by Gasteiger charge is 2.15. The molecule has 0 aliphatic carbocycles. The normalized spacial score (nSPS) is 11.3. The van der Waals surface area contributed by atoms with E-state index in [1.165, 1.54) is 4.57 Å². The minimum Gasteiger partial charge on any atom is -0.288 e. The molecule has 0 bridgehead atoms. The Morgan fingerprint density at radius 2 is 1.82 bits per heavy atom. The summed E-state index contributed by atoms with van der Waals surface area (Å²) in [5.74, 6) is 0.424. The van der Waals surface area contributed by atoms with Crippen LogP contribution in [0.4, 0.5) is 0 Å². The standard InChI is InChI=1S/C25H26N6O2/c1-3-5-9-20-17-31(23(32)8-4-2)25(33)30(20)16-18-12-14-19(15-13-18)21-10-6-7-11-22(21)24-26-28-29-27-24/h5-7,9-15,17H,3-4,8,16H2,1-2H3,(H,26,27,28,29). The molecule has 0 spiro atoms. The van der Waals surface area contributed by atoms with Gasteiger partial charge in [-0.15, -0.1) is 5.10 Å². The van der Waals surface area contributed by atoms with Crippen LogP contribution in [0.2, 0.25) is 0 Å². The summed E-state index contributed by atoms with van der Waals surface area (Å²) in [6, 6.07) is 15.9. The van der Waals surface area contributed by atoms with Crippen LogP contribution in [-0.4, -0.2) is 35.7 Å². The fourth-order valence-corrected chi connectivity index (χ4v) is 3.73. The van der Waals surface area contributed by atoms with Gasteiger partial charge in [0.25, 0.3) is 0 Å². The van der Waals surface area contributed by atoms with Crippen molar-refractivity contribution in [2.24, 2.45) is 0 Å². The lowest BCUT2D eigenvalue weighted by molar-refractivity contribution is 0.0897. The number of carbonyl (C=O) groups excluding carboxylic acids is 1. The fourth-order valence-electron chi connectivity index (χ4n) is 3.73. The Labute approximate surface area is 191 Å². The van der Waals surface area contributed by atoms with Crippen LogP contribution >= 0.6 is 0 Å². The van der Waals surface area contributed by atoms with Crippen molar-refractivity contribution in [3.05, 3.63) is 82.5 Å². The summed E-state index contributed by atoms with van der Waals surface area (Å²) in [4.78, 5) is 25.4. The molecule has 0 saturated carbocycles. The first kappa shape index (κ1) is 22.1.